The highest BCUT2D eigenvalue weighted by atomic mass is 32.1. The summed E-state index contributed by atoms with van der Waals surface area (Å²) in [7, 11) is 0. The van der Waals surface area contributed by atoms with Crippen molar-refractivity contribution in [1.29, 1.82) is 0 Å². The first-order chi connectivity index (χ1) is 13.7. The molecule has 1 aliphatic rings. The van der Waals surface area contributed by atoms with Gasteiger partial charge in [0.15, 0.2) is 4.96 Å². The third-order valence-electron chi connectivity index (χ3n) is 4.80. The van der Waals surface area contributed by atoms with Gasteiger partial charge in [-0.15, -0.1) is 11.3 Å². The number of morpholine rings is 1. The average Bonchev–Trinajstić information content (AvgIpc) is 3.18. The third kappa shape index (κ3) is 3.99. The molecule has 4 rings (SSSR count). The number of benzene rings is 1. The highest BCUT2D eigenvalue weighted by molar-refractivity contribution is 7.15. The number of aromatic nitrogens is 2. The number of ether oxygens (including phenoxy) is 1. The number of nitrogens with one attached hydrogen (secondary N) is 1. The van der Waals surface area contributed by atoms with Crippen molar-refractivity contribution in [1.82, 2.24) is 19.6 Å². The van der Waals surface area contributed by atoms with E-state index in [0.29, 0.717) is 11.5 Å². The first-order valence-electron chi connectivity index (χ1n) is 9.37. The fraction of sp³-hybridized carbons (Fsp3) is 0.350. The van der Waals surface area contributed by atoms with Crippen molar-refractivity contribution < 1.29 is 9.53 Å². The van der Waals surface area contributed by atoms with Crippen molar-refractivity contribution in [3.63, 3.8) is 0 Å². The van der Waals surface area contributed by atoms with E-state index >= 15 is 0 Å². The number of nitrogens with zero attached hydrogens (tertiary/aromatic N) is 3. The fourth-order valence-electron chi connectivity index (χ4n) is 3.28. The van der Waals surface area contributed by atoms with Gasteiger partial charge in [0.2, 0.25) is 0 Å². The molecule has 1 saturated heterocycles. The molecular weight excluding hydrogens is 376 g/mol. The zero-order valence-electron chi connectivity index (χ0n) is 15.5. The number of rotatable bonds is 6. The summed E-state index contributed by atoms with van der Waals surface area (Å²) in [5, 5.41) is 4.74. The van der Waals surface area contributed by atoms with Crippen LogP contribution in [0.3, 0.4) is 0 Å². The summed E-state index contributed by atoms with van der Waals surface area (Å²) in [6, 6.07) is 9.64. The predicted molar refractivity (Wildman–Crippen MR) is 109 cm³/mol. The van der Waals surface area contributed by atoms with Gasteiger partial charge in [0.25, 0.3) is 11.5 Å². The molecule has 1 aliphatic heterocycles. The summed E-state index contributed by atoms with van der Waals surface area (Å²) in [6.07, 6.45) is 2.21. The van der Waals surface area contributed by atoms with E-state index in [1.807, 2.05) is 35.7 Å². The highest BCUT2D eigenvalue weighted by Gasteiger charge is 2.17. The van der Waals surface area contributed by atoms with E-state index in [2.05, 4.69) is 15.2 Å². The van der Waals surface area contributed by atoms with Crippen LogP contribution in [0.5, 0.6) is 0 Å². The molecule has 0 aliphatic carbocycles. The van der Waals surface area contributed by atoms with Crippen LogP contribution in [0.25, 0.3) is 16.2 Å². The van der Waals surface area contributed by atoms with Crippen LogP contribution in [-0.4, -0.2) is 59.6 Å². The zero-order valence-corrected chi connectivity index (χ0v) is 16.3. The highest BCUT2D eigenvalue weighted by Crippen LogP contribution is 2.23. The van der Waals surface area contributed by atoms with Gasteiger partial charge in [0.05, 0.1) is 18.9 Å². The van der Waals surface area contributed by atoms with Gasteiger partial charge in [-0.3, -0.25) is 18.9 Å². The van der Waals surface area contributed by atoms with Gasteiger partial charge in [-0.25, -0.2) is 4.98 Å². The van der Waals surface area contributed by atoms with E-state index in [9.17, 15) is 9.59 Å². The van der Waals surface area contributed by atoms with E-state index in [4.69, 9.17) is 4.74 Å². The Hall–Kier alpha value is -2.55. The van der Waals surface area contributed by atoms with Gasteiger partial charge < -0.3 is 10.1 Å². The zero-order chi connectivity index (χ0) is 19.3. The number of amides is 1. The molecule has 146 valence electrons. The second kappa shape index (κ2) is 8.64. The SMILES string of the molecule is O=C(NCCCN1CCOCC1)c1cnc2scc(-c3ccccc3)n2c1=O. The van der Waals surface area contributed by atoms with Crippen molar-refractivity contribution in [2.45, 2.75) is 6.42 Å². The maximum atomic E-state index is 13.0. The lowest BCUT2D eigenvalue weighted by molar-refractivity contribution is 0.0374. The van der Waals surface area contributed by atoms with Gasteiger partial charge in [0.1, 0.15) is 5.56 Å². The van der Waals surface area contributed by atoms with Crippen molar-refractivity contribution in [3.05, 3.63) is 57.8 Å². The van der Waals surface area contributed by atoms with Crippen molar-refractivity contribution in [2.24, 2.45) is 0 Å². The Morgan fingerprint density at radius 2 is 2.00 bits per heavy atom. The molecule has 1 fully saturated rings. The standard InChI is InChI=1S/C20H22N4O3S/c25-18(21-7-4-8-23-9-11-27-12-10-23)16-13-22-20-24(19(16)26)17(14-28-20)15-5-2-1-3-6-15/h1-3,5-6,13-14H,4,7-12H2,(H,21,25). The number of fused-ring (bicyclic) bond motifs is 1. The predicted octanol–water partition coefficient (Wildman–Crippen LogP) is 1.88. The molecule has 3 aromatic rings. The third-order valence-corrected chi connectivity index (χ3v) is 5.64. The summed E-state index contributed by atoms with van der Waals surface area (Å²) < 4.78 is 6.85. The lowest BCUT2D eigenvalue weighted by atomic mass is 10.2. The molecule has 3 heterocycles. The largest absolute Gasteiger partial charge is 0.379 e. The molecule has 7 nitrogen and oxygen atoms in total. The van der Waals surface area contributed by atoms with Crippen molar-refractivity contribution in [2.75, 3.05) is 39.4 Å². The molecule has 8 heteroatoms. The van der Waals surface area contributed by atoms with E-state index in [1.54, 1.807) is 0 Å². The van der Waals surface area contributed by atoms with Crippen LogP contribution in [0.4, 0.5) is 0 Å². The monoisotopic (exact) mass is 398 g/mol. The lowest BCUT2D eigenvalue weighted by Crippen LogP contribution is -2.38. The quantitative estimate of drug-likeness (QED) is 0.642. The Kier molecular flexibility index (Phi) is 5.80. The fourth-order valence-corrected chi connectivity index (χ4v) is 4.14. The van der Waals surface area contributed by atoms with Crippen LogP contribution < -0.4 is 10.9 Å². The molecule has 0 spiro atoms. The van der Waals surface area contributed by atoms with E-state index < -0.39 is 0 Å². The normalized spacial score (nSPS) is 15.0. The van der Waals surface area contributed by atoms with Gasteiger partial charge in [-0.1, -0.05) is 30.3 Å². The molecule has 2 aromatic heterocycles. The minimum absolute atomic E-state index is 0.0689. The summed E-state index contributed by atoms with van der Waals surface area (Å²) in [5.74, 6) is -0.376. The summed E-state index contributed by atoms with van der Waals surface area (Å²) in [5.41, 5.74) is 1.40. The maximum Gasteiger partial charge on any atom is 0.271 e. The minimum Gasteiger partial charge on any atom is -0.379 e. The topological polar surface area (TPSA) is 75.9 Å². The molecule has 0 unspecified atom stereocenters. The van der Waals surface area contributed by atoms with Crippen LogP contribution in [0.1, 0.15) is 16.8 Å². The van der Waals surface area contributed by atoms with E-state index in [1.165, 1.54) is 21.9 Å². The number of carbonyl (C=O) groups excluding carboxylic acids is 1. The second-order valence-corrected chi connectivity index (χ2v) is 7.48. The van der Waals surface area contributed by atoms with Gasteiger partial charge in [-0.05, 0) is 18.5 Å². The maximum absolute atomic E-state index is 13.0. The molecule has 1 aromatic carbocycles. The minimum atomic E-state index is -0.376. The lowest BCUT2D eigenvalue weighted by Gasteiger charge is -2.26. The molecule has 0 bridgehead atoms. The molecule has 0 atom stereocenters. The smallest absolute Gasteiger partial charge is 0.271 e. The Morgan fingerprint density at radius 1 is 1.21 bits per heavy atom. The number of hydrogen-bond donors (Lipinski definition) is 1. The van der Waals surface area contributed by atoms with Crippen LogP contribution in [0.2, 0.25) is 0 Å². The molecule has 1 amide bonds. The van der Waals surface area contributed by atoms with Crippen molar-refractivity contribution in [3.8, 4) is 11.3 Å². The Labute approximate surface area is 166 Å². The Bertz CT molecular complexity index is 1010. The Morgan fingerprint density at radius 3 is 2.79 bits per heavy atom. The second-order valence-electron chi connectivity index (χ2n) is 6.65. The summed E-state index contributed by atoms with van der Waals surface area (Å²) >= 11 is 1.39. The first kappa shape index (κ1) is 18.8. The molecular formula is C20H22N4O3S. The van der Waals surface area contributed by atoms with Gasteiger partial charge in [-0.2, -0.15) is 0 Å². The number of carbonyl (C=O) groups is 1. The molecule has 1 N–H and O–H groups in total. The van der Waals surface area contributed by atoms with Gasteiger partial charge >= 0.3 is 0 Å². The summed E-state index contributed by atoms with van der Waals surface area (Å²) in [4.78, 5) is 32.7. The van der Waals surface area contributed by atoms with Gasteiger partial charge in [0, 0.05) is 31.2 Å². The average molecular weight is 398 g/mol. The first-order valence-corrected chi connectivity index (χ1v) is 10.2. The summed E-state index contributed by atoms with van der Waals surface area (Å²) in [6.45, 7) is 4.81. The van der Waals surface area contributed by atoms with Crippen molar-refractivity contribution >= 4 is 22.2 Å². The molecule has 0 saturated carbocycles. The number of thiazole rings is 1. The molecule has 0 radical (unpaired) electrons. The van der Waals surface area contributed by atoms with Crippen LogP contribution in [-0.2, 0) is 4.74 Å². The van der Waals surface area contributed by atoms with Crippen LogP contribution >= 0.6 is 11.3 Å². The molecule has 28 heavy (non-hydrogen) atoms. The van der Waals surface area contributed by atoms with Crippen LogP contribution in [0.15, 0.2) is 46.7 Å². The number of hydrogen-bond acceptors (Lipinski definition) is 6. The van der Waals surface area contributed by atoms with Crippen LogP contribution in [0, 0.1) is 0 Å². The van der Waals surface area contributed by atoms with E-state index in [-0.39, 0.29) is 17.0 Å². The van der Waals surface area contributed by atoms with E-state index in [0.717, 1.165) is 50.5 Å². The Balaban J connectivity index is 1.47.